The molecule has 3 N–H and O–H groups in total. The molecule has 5 rings (SSSR count). The molecule has 53 heavy (non-hydrogen) atoms. The Morgan fingerprint density at radius 2 is 1.34 bits per heavy atom. The van der Waals surface area contributed by atoms with Crippen LogP contribution in [0.3, 0.4) is 0 Å². The Bertz CT molecular complexity index is 1170. The van der Waals surface area contributed by atoms with E-state index in [2.05, 4.69) is 76.0 Å². The van der Waals surface area contributed by atoms with E-state index in [-0.39, 0.29) is 5.56 Å². The van der Waals surface area contributed by atoms with Gasteiger partial charge < -0.3 is 16.0 Å². The summed E-state index contributed by atoms with van der Waals surface area (Å²) in [5.41, 5.74) is 3.60. The highest BCUT2D eigenvalue weighted by Crippen LogP contribution is 2.42. The molecule has 2 aromatic rings. The molecule has 2 fully saturated rings. The Morgan fingerprint density at radius 3 is 1.68 bits per heavy atom. The number of rotatable bonds is 7. The van der Waals surface area contributed by atoms with Crippen LogP contribution in [0.4, 0.5) is 37.7 Å². The van der Waals surface area contributed by atoms with Crippen LogP contribution in [0.1, 0.15) is 161 Å². The van der Waals surface area contributed by atoms with Crippen molar-refractivity contribution >= 4 is 22.7 Å². The lowest BCUT2D eigenvalue weighted by molar-refractivity contribution is -0.141. The maximum Gasteiger partial charge on any atom is 0.418 e. The molecule has 1 atom stereocenters. The maximum absolute atomic E-state index is 12.3. The quantitative estimate of drug-likeness (QED) is 0.167. The van der Waals surface area contributed by atoms with Crippen molar-refractivity contribution in [1.29, 1.82) is 0 Å². The second-order valence-electron chi connectivity index (χ2n) is 14.7. The summed E-state index contributed by atoms with van der Waals surface area (Å²) < 4.78 is 74.1. The van der Waals surface area contributed by atoms with Gasteiger partial charge in [-0.25, -0.2) is 0 Å². The maximum atomic E-state index is 12.3. The number of nitrogens with zero attached hydrogens (tertiary/aromatic N) is 1. The van der Waals surface area contributed by atoms with Gasteiger partial charge in [-0.2, -0.15) is 26.3 Å². The van der Waals surface area contributed by atoms with Crippen LogP contribution < -0.4 is 16.0 Å². The standard InChI is InChI=1S/C11H17NS.C9H7F6N.C9H18.C7H14.C4H11N.C3H6/c1-3-5-10(4-2)12-6-9-7-13-8-11(9)12;1-4-2-5(8(10,11)12)7(16)6(3-4)9(13,14)15;1-3-9-6-4-8(2)5-7-9;1-7-5-3-2-4-6-7;1-3-5-4-2;1-3-2/h7-8,10H,3-6H2,1-2H3;2-3H,16H2,1H3;8-9H,3-7H2,1-2H3;7H,2-6H2,1H3;5H,3-4H2,1-2H3;3H,1H2,2H3. The summed E-state index contributed by atoms with van der Waals surface area (Å²) in [4.78, 5) is 2.56. The third-order valence-corrected chi connectivity index (χ3v) is 10.7. The lowest BCUT2D eigenvalue weighted by atomic mass is 9.82. The highest BCUT2D eigenvalue weighted by Gasteiger charge is 2.40. The second-order valence-corrected chi connectivity index (χ2v) is 15.4. The molecule has 1 aromatic heterocycles. The van der Waals surface area contributed by atoms with Crippen molar-refractivity contribution in [2.24, 2.45) is 17.8 Å². The number of alkyl halides is 6. The third-order valence-electron chi connectivity index (χ3n) is 9.94. The normalized spacial score (nSPS) is 18.6. The smallest absolute Gasteiger partial charge is 0.398 e. The summed E-state index contributed by atoms with van der Waals surface area (Å²) in [6.45, 7) is 25.6. The van der Waals surface area contributed by atoms with Crippen molar-refractivity contribution in [3.63, 3.8) is 0 Å². The topological polar surface area (TPSA) is 41.3 Å². The molecule has 2 heterocycles. The molecule has 1 unspecified atom stereocenters. The largest absolute Gasteiger partial charge is 0.418 e. The fourth-order valence-electron chi connectivity index (χ4n) is 6.66. The number of hydrogen-bond acceptors (Lipinski definition) is 4. The number of nitrogen functional groups attached to an aromatic ring is 1. The Balaban J connectivity index is 0.000000656. The van der Waals surface area contributed by atoms with Gasteiger partial charge in [-0.3, -0.25) is 0 Å². The van der Waals surface area contributed by atoms with E-state index in [0.29, 0.717) is 12.1 Å². The Morgan fingerprint density at radius 1 is 0.849 bits per heavy atom. The summed E-state index contributed by atoms with van der Waals surface area (Å²) in [7, 11) is 0. The van der Waals surface area contributed by atoms with E-state index >= 15 is 0 Å². The molecule has 308 valence electrons. The van der Waals surface area contributed by atoms with Crippen LogP contribution in [0.5, 0.6) is 0 Å². The third kappa shape index (κ3) is 20.3. The molecule has 3 nitrogen and oxygen atoms in total. The van der Waals surface area contributed by atoms with E-state index in [1.165, 1.54) is 95.7 Å². The van der Waals surface area contributed by atoms with Crippen LogP contribution in [0.2, 0.25) is 0 Å². The van der Waals surface area contributed by atoms with Gasteiger partial charge in [-0.1, -0.05) is 125 Å². The van der Waals surface area contributed by atoms with Crippen molar-refractivity contribution in [1.82, 2.24) is 5.32 Å². The zero-order chi connectivity index (χ0) is 40.6. The zero-order valence-corrected chi connectivity index (χ0v) is 35.2. The monoisotopic (exact) mass is 778 g/mol. The number of fused-ring (bicyclic) bond motifs is 1. The van der Waals surface area contributed by atoms with Crippen LogP contribution in [0, 0.1) is 24.7 Å². The van der Waals surface area contributed by atoms with Crippen molar-refractivity contribution in [2.75, 3.05) is 23.7 Å². The summed E-state index contributed by atoms with van der Waals surface area (Å²) in [6.07, 6.45) is 10.7. The second kappa shape index (κ2) is 27.4. The number of halogens is 6. The van der Waals surface area contributed by atoms with E-state index < -0.39 is 29.2 Å². The number of aryl methyl sites for hydroxylation is 1. The molecule has 3 aliphatic rings. The number of allylic oxidation sites excluding steroid dienone is 1. The van der Waals surface area contributed by atoms with Gasteiger partial charge >= 0.3 is 12.4 Å². The number of benzene rings is 1. The van der Waals surface area contributed by atoms with Gasteiger partial charge in [0.2, 0.25) is 0 Å². The predicted octanol–water partition coefficient (Wildman–Crippen LogP) is 14.9. The first-order valence-corrected chi connectivity index (χ1v) is 21.0. The van der Waals surface area contributed by atoms with Crippen LogP contribution in [0.15, 0.2) is 35.5 Å². The molecule has 0 saturated heterocycles. The van der Waals surface area contributed by atoms with Gasteiger partial charge in [0, 0.05) is 23.5 Å². The molecule has 0 spiro atoms. The van der Waals surface area contributed by atoms with Crippen molar-refractivity contribution in [3.8, 4) is 0 Å². The molecule has 1 aliphatic heterocycles. The van der Waals surface area contributed by atoms with E-state index in [1.807, 2.05) is 18.3 Å². The van der Waals surface area contributed by atoms with Crippen molar-refractivity contribution in [2.45, 2.75) is 171 Å². The minimum absolute atomic E-state index is 0.145. The number of nitrogens with two attached hydrogens (primary N) is 1. The van der Waals surface area contributed by atoms with Crippen molar-refractivity contribution in [3.05, 3.63) is 57.8 Å². The minimum Gasteiger partial charge on any atom is -0.398 e. The number of nitrogens with one attached hydrogen (secondary N) is 1. The Kier molecular flexibility index (Phi) is 26.3. The SMILES string of the molecule is C=CC.CC1CCCCC1.CCC1CCC(C)CC1.CCCC(CC)N1Cc2cscc21.CCNCC.Cc1cc(C(F)(F)F)c(N)c(C(F)(F)F)c1. The van der Waals surface area contributed by atoms with Gasteiger partial charge in [-0.15, -0.1) is 17.9 Å². The number of hydrogen-bond donors (Lipinski definition) is 2. The number of anilines is 2. The molecule has 2 saturated carbocycles. The molecule has 1 aromatic carbocycles. The first-order valence-electron chi connectivity index (χ1n) is 20.1. The van der Waals surface area contributed by atoms with E-state index in [0.717, 1.165) is 43.8 Å². The van der Waals surface area contributed by atoms with Crippen LogP contribution in [-0.4, -0.2) is 19.1 Å². The fourth-order valence-corrected chi connectivity index (χ4v) is 7.51. The van der Waals surface area contributed by atoms with E-state index in [9.17, 15) is 26.3 Å². The first kappa shape index (κ1) is 50.8. The summed E-state index contributed by atoms with van der Waals surface area (Å²) >= 11 is 1.84. The van der Waals surface area contributed by atoms with Gasteiger partial charge in [0.25, 0.3) is 0 Å². The average Bonchev–Trinajstić information content (AvgIpc) is 3.46. The highest BCUT2D eigenvalue weighted by atomic mass is 32.1. The summed E-state index contributed by atoms with van der Waals surface area (Å²) in [5.74, 6) is 3.13. The van der Waals surface area contributed by atoms with Gasteiger partial charge in [-0.05, 0) is 80.6 Å². The van der Waals surface area contributed by atoms with E-state index in [4.69, 9.17) is 5.73 Å². The fraction of sp³-hybridized carbons (Fsp3) is 0.721. The molecular weight excluding hydrogens is 705 g/mol. The molecule has 2 aliphatic carbocycles. The predicted molar refractivity (Wildman–Crippen MR) is 219 cm³/mol. The lowest BCUT2D eigenvalue weighted by Crippen LogP contribution is -2.40. The Hall–Kier alpha value is -2.20. The molecule has 0 amide bonds. The van der Waals surface area contributed by atoms with Crippen molar-refractivity contribution < 1.29 is 26.3 Å². The molecule has 0 bridgehead atoms. The number of thiophene rings is 1. The average molecular weight is 778 g/mol. The van der Waals surface area contributed by atoms with Gasteiger partial charge in [0.1, 0.15) is 0 Å². The summed E-state index contributed by atoms with van der Waals surface area (Å²) in [5, 5.41) is 7.68. The molecular formula is C43H73F6N3S. The Labute approximate surface area is 323 Å². The van der Waals surface area contributed by atoms with Gasteiger partial charge in [0.15, 0.2) is 0 Å². The van der Waals surface area contributed by atoms with Crippen LogP contribution >= 0.6 is 11.3 Å². The zero-order valence-electron chi connectivity index (χ0n) is 34.4. The molecule has 0 radical (unpaired) electrons. The highest BCUT2D eigenvalue weighted by molar-refractivity contribution is 7.08. The van der Waals surface area contributed by atoms with Gasteiger partial charge in [0.05, 0.1) is 22.5 Å². The van der Waals surface area contributed by atoms with E-state index in [1.54, 1.807) is 11.6 Å². The first-order chi connectivity index (χ1) is 24.9. The lowest BCUT2D eigenvalue weighted by Gasteiger charge is -2.40. The van der Waals surface area contributed by atoms with Crippen LogP contribution in [0.25, 0.3) is 0 Å². The van der Waals surface area contributed by atoms with Crippen LogP contribution in [-0.2, 0) is 18.9 Å². The molecule has 10 heteroatoms. The summed E-state index contributed by atoms with van der Waals surface area (Å²) in [6, 6.07) is 1.96. The minimum atomic E-state index is -4.89.